The van der Waals surface area contributed by atoms with Crippen molar-refractivity contribution in [2.75, 3.05) is 6.54 Å². The highest BCUT2D eigenvalue weighted by Crippen LogP contribution is 2.37. The van der Waals surface area contributed by atoms with Gasteiger partial charge in [-0.25, -0.2) is 4.98 Å². The Bertz CT molecular complexity index is 426. The molecule has 0 unspecified atom stereocenters. The molecule has 1 aromatic rings. The number of H-pyrrole nitrogens is 1. The maximum Gasteiger partial charge on any atom is 0.240 e. The van der Waals surface area contributed by atoms with Crippen LogP contribution in [0.25, 0.3) is 0 Å². The van der Waals surface area contributed by atoms with Gasteiger partial charge in [0.2, 0.25) is 5.91 Å². The molecule has 2 N–H and O–H groups in total. The Morgan fingerprint density at radius 3 is 2.94 bits per heavy atom. The zero-order valence-corrected chi connectivity index (χ0v) is 10.4. The molecular formula is C13H18N4O. The molecule has 5 nitrogen and oxygen atoms in total. The lowest BCUT2D eigenvalue weighted by Gasteiger charge is -2.18. The third-order valence-corrected chi connectivity index (χ3v) is 3.54. The van der Waals surface area contributed by atoms with Gasteiger partial charge in [0.1, 0.15) is 11.2 Å². The number of rotatable bonds is 5. The normalized spacial score (nSPS) is 17.3. The van der Waals surface area contributed by atoms with Crippen LogP contribution in [0.3, 0.4) is 0 Å². The average Bonchev–Trinajstić information content (AvgIpc) is 3.05. The van der Waals surface area contributed by atoms with E-state index in [4.69, 9.17) is 5.26 Å². The summed E-state index contributed by atoms with van der Waals surface area (Å²) < 4.78 is 0. The van der Waals surface area contributed by atoms with Gasteiger partial charge < -0.3 is 10.3 Å². The minimum atomic E-state index is -0.759. The largest absolute Gasteiger partial charge is 0.355 e. The van der Waals surface area contributed by atoms with Gasteiger partial charge in [0.05, 0.1) is 6.07 Å². The highest BCUT2D eigenvalue weighted by molar-refractivity contribution is 5.85. The Morgan fingerprint density at radius 1 is 1.56 bits per heavy atom. The monoisotopic (exact) mass is 246 g/mol. The first-order chi connectivity index (χ1) is 8.77. The van der Waals surface area contributed by atoms with E-state index in [-0.39, 0.29) is 5.91 Å². The summed E-state index contributed by atoms with van der Waals surface area (Å²) >= 11 is 0. The molecule has 0 aliphatic heterocycles. The maximum atomic E-state index is 12.0. The van der Waals surface area contributed by atoms with Crippen molar-refractivity contribution in [1.29, 1.82) is 5.26 Å². The Kier molecular flexibility index (Phi) is 3.98. The predicted octanol–water partition coefficient (Wildman–Crippen LogP) is 1.54. The Morgan fingerprint density at radius 2 is 2.33 bits per heavy atom. The summed E-state index contributed by atoms with van der Waals surface area (Å²) in [5, 5.41) is 12.0. The van der Waals surface area contributed by atoms with Crippen LogP contribution in [0.1, 0.15) is 37.9 Å². The van der Waals surface area contributed by atoms with Crippen molar-refractivity contribution in [3.63, 3.8) is 0 Å². The van der Waals surface area contributed by atoms with Crippen LogP contribution in [-0.4, -0.2) is 22.4 Å². The van der Waals surface area contributed by atoms with Gasteiger partial charge in [0.15, 0.2) is 0 Å². The summed E-state index contributed by atoms with van der Waals surface area (Å²) in [5.74, 6) is 0.835. The van der Waals surface area contributed by atoms with E-state index in [2.05, 4.69) is 21.4 Å². The van der Waals surface area contributed by atoms with E-state index in [1.165, 1.54) is 0 Å². The first-order valence-electron chi connectivity index (χ1n) is 6.45. The summed E-state index contributed by atoms with van der Waals surface area (Å²) in [4.78, 5) is 19.1. The first kappa shape index (κ1) is 12.6. The smallest absolute Gasteiger partial charge is 0.240 e. The molecule has 1 heterocycles. The molecule has 1 saturated carbocycles. The number of nitrogens with one attached hydrogen (secondary N) is 2. The molecule has 0 radical (unpaired) electrons. The molecule has 0 atom stereocenters. The molecular weight excluding hydrogens is 228 g/mol. The summed E-state index contributed by atoms with van der Waals surface area (Å²) in [6.07, 6.45) is 8.52. The number of amides is 1. The number of aryl methyl sites for hydroxylation is 1. The molecule has 1 aliphatic carbocycles. The number of hydrogen-bond acceptors (Lipinski definition) is 3. The fourth-order valence-electron chi connectivity index (χ4n) is 2.43. The van der Waals surface area contributed by atoms with Crippen molar-refractivity contribution < 1.29 is 4.79 Å². The molecule has 1 fully saturated rings. The van der Waals surface area contributed by atoms with Crippen molar-refractivity contribution >= 4 is 5.91 Å². The zero-order valence-electron chi connectivity index (χ0n) is 10.4. The van der Waals surface area contributed by atoms with Crippen LogP contribution in [0.2, 0.25) is 0 Å². The van der Waals surface area contributed by atoms with Crippen LogP contribution in [0, 0.1) is 16.7 Å². The van der Waals surface area contributed by atoms with Crippen LogP contribution in [0.15, 0.2) is 12.4 Å². The zero-order chi connectivity index (χ0) is 12.8. The van der Waals surface area contributed by atoms with E-state index in [9.17, 15) is 4.79 Å². The number of carbonyl (C=O) groups is 1. The fraction of sp³-hybridized carbons (Fsp3) is 0.615. The van der Waals surface area contributed by atoms with Gasteiger partial charge in [0.25, 0.3) is 0 Å². The fourth-order valence-corrected chi connectivity index (χ4v) is 2.43. The van der Waals surface area contributed by atoms with Crippen molar-refractivity contribution in [2.45, 2.75) is 38.5 Å². The van der Waals surface area contributed by atoms with Gasteiger partial charge in [-0.05, 0) is 19.3 Å². The van der Waals surface area contributed by atoms with Crippen LogP contribution in [-0.2, 0) is 11.2 Å². The van der Waals surface area contributed by atoms with Gasteiger partial charge in [0, 0.05) is 25.4 Å². The Hall–Kier alpha value is -1.83. The molecule has 0 spiro atoms. The van der Waals surface area contributed by atoms with Gasteiger partial charge in [-0.2, -0.15) is 5.26 Å². The Balaban J connectivity index is 1.73. The van der Waals surface area contributed by atoms with E-state index >= 15 is 0 Å². The summed E-state index contributed by atoms with van der Waals surface area (Å²) in [5.41, 5.74) is -0.759. The number of aromatic nitrogens is 2. The minimum Gasteiger partial charge on any atom is -0.355 e. The van der Waals surface area contributed by atoms with E-state index in [0.29, 0.717) is 19.4 Å². The lowest BCUT2D eigenvalue weighted by atomic mass is 9.87. The van der Waals surface area contributed by atoms with Crippen molar-refractivity contribution in [3.05, 3.63) is 18.2 Å². The molecule has 1 amide bonds. The average molecular weight is 246 g/mol. The van der Waals surface area contributed by atoms with E-state index in [0.717, 1.165) is 31.5 Å². The van der Waals surface area contributed by atoms with Crippen LogP contribution in [0.5, 0.6) is 0 Å². The second-order valence-electron chi connectivity index (χ2n) is 4.80. The van der Waals surface area contributed by atoms with Crippen LogP contribution in [0.4, 0.5) is 0 Å². The number of nitriles is 1. The van der Waals surface area contributed by atoms with E-state index in [1.807, 2.05) is 0 Å². The summed E-state index contributed by atoms with van der Waals surface area (Å²) in [7, 11) is 0. The number of imidazole rings is 1. The number of hydrogen-bond donors (Lipinski definition) is 2. The highest BCUT2D eigenvalue weighted by atomic mass is 16.2. The second kappa shape index (κ2) is 5.67. The number of carbonyl (C=O) groups excluding carboxylic acids is 1. The first-order valence-corrected chi connectivity index (χ1v) is 6.45. The number of aromatic amines is 1. The molecule has 5 heteroatoms. The SMILES string of the molecule is N#CC1(C(=O)NCCCc2ncc[nH]2)CCCC1. The standard InChI is InChI=1S/C13H18N4O/c14-10-13(5-1-2-6-13)12(18)17-7-3-4-11-15-8-9-16-11/h8-9H,1-7H2,(H,15,16)(H,17,18). The quantitative estimate of drug-likeness (QED) is 0.773. The highest BCUT2D eigenvalue weighted by Gasteiger charge is 2.41. The van der Waals surface area contributed by atoms with Gasteiger partial charge in [-0.15, -0.1) is 0 Å². The third kappa shape index (κ3) is 2.70. The van der Waals surface area contributed by atoms with E-state index in [1.54, 1.807) is 12.4 Å². The molecule has 1 aliphatic rings. The molecule has 18 heavy (non-hydrogen) atoms. The van der Waals surface area contributed by atoms with Crippen molar-refractivity contribution in [1.82, 2.24) is 15.3 Å². The topological polar surface area (TPSA) is 81.6 Å². The van der Waals surface area contributed by atoms with Gasteiger partial charge >= 0.3 is 0 Å². The van der Waals surface area contributed by atoms with Crippen LogP contribution < -0.4 is 5.32 Å². The molecule has 0 saturated heterocycles. The lowest BCUT2D eigenvalue weighted by Crippen LogP contribution is -2.38. The number of nitrogens with zero attached hydrogens (tertiary/aromatic N) is 2. The molecule has 2 rings (SSSR count). The van der Waals surface area contributed by atoms with Crippen molar-refractivity contribution in [2.24, 2.45) is 5.41 Å². The van der Waals surface area contributed by atoms with Gasteiger partial charge in [-0.3, -0.25) is 4.79 Å². The molecule has 96 valence electrons. The maximum absolute atomic E-state index is 12.0. The lowest BCUT2D eigenvalue weighted by molar-refractivity contribution is -0.127. The second-order valence-corrected chi connectivity index (χ2v) is 4.80. The molecule has 1 aromatic heterocycles. The predicted molar refractivity (Wildman–Crippen MR) is 66.4 cm³/mol. The van der Waals surface area contributed by atoms with Crippen LogP contribution >= 0.6 is 0 Å². The Labute approximate surface area is 107 Å². The summed E-state index contributed by atoms with van der Waals surface area (Å²) in [6, 6.07) is 2.20. The minimum absolute atomic E-state index is 0.0954. The molecule has 0 bridgehead atoms. The van der Waals surface area contributed by atoms with Crippen molar-refractivity contribution in [3.8, 4) is 6.07 Å². The molecule has 0 aromatic carbocycles. The van der Waals surface area contributed by atoms with E-state index < -0.39 is 5.41 Å². The van der Waals surface area contributed by atoms with Gasteiger partial charge in [-0.1, -0.05) is 12.8 Å². The summed E-state index contributed by atoms with van der Waals surface area (Å²) in [6.45, 7) is 0.600. The third-order valence-electron chi connectivity index (χ3n) is 3.54.